The Morgan fingerprint density at radius 1 is 0.412 bits per heavy atom. The molecule has 4 nitrogen and oxygen atoms in total. The summed E-state index contributed by atoms with van der Waals surface area (Å²) in [6, 6.07) is 84.9. The minimum absolute atomic E-state index is 0.494. The first-order valence-corrected chi connectivity index (χ1v) is 27.6. The van der Waals surface area contributed by atoms with Gasteiger partial charge in [-0.15, -0.1) is 0 Å². The van der Waals surface area contributed by atoms with Crippen molar-refractivity contribution in [2.75, 3.05) is 9.80 Å². The fraction of sp³-hybridized carbons (Fsp3) is 0.0526. The molecule has 0 atom stereocenters. The molecule has 15 rings (SSSR count). The topological polar surface area (TPSA) is 32.8 Å². The lowest BCUT2D eigenvalue weighted by molar-refractivity contribution is 0.658. The second-order valence-electron chi connectivity index (χ2n) is 21.6. The predicted octanol–water partition coefficient (Wildman–Crippen LogP) is 21.4. The fourth-order valence-electron chi connectivity index (χ4n) is 12.9. The molecule has 380 valence electrons. The fourth-order valence-corrected chi connectivity index (χ4v) is 12.9. The molecule has 13 aromatic rings. The van der Waals surface area contributed by atoms with Crippen molar-refractivity contribution in [3.63, 3.8) is 0 Å². The van der Waals surface area contributed by atoms with Gasteiger partial charge in [0.05, 0.1) is 11.4 Å². The van der Waals surface area contributed by atoms with E-state index in [2.05, 4.69) is 278 Å². The highest BCUT2D eigenvalue weighted by Crippen LogP contribution is 2.57. The first-order chi connectivity index (χ1) is 39.4. The third kappa shape index (κ3) is 7.59. The average Bonchev–Trinajstić information content (AvgIpc) is 4.25. The Morgan fingerprint density at radius 2 is 0.912 bits per heavy atom. The molecule has 2 aliphatic rings. The SMILES string of the molecule is C=C1/C=C\C=C/C/C(N(c2cccc(-c3ccccc3)c2)c2cccc3c2oc2ccccc23)=C\C2=C1c1c(c3ccc(N(c4cccc(-c5ccccc5)c4)c4cccc5c4oc4ccccc45)cc3c3ccccc13)C2(C)C. The Hall–Kier alpha value is -10.2. The zero-order valence-corrected chi connectivity index (χ0v) is 44.5. The number of hydrogen-bond donors (Lipinski definition) is 0. The molecular formula is C76H54N2O2. The summed E-state index contributed by atoms with van der Waals surface area (Å²) in [6.07, 6.45) is 11.9. The van der Waals surface area contributed by atoms with Crippen molar-refractivity contribution in [1.82, 2.24) is 0 Å². The van der Waals surface area contributed by atoms with E-state index in [1.807, 2.05) is 12.1 Å². The minimum atomic E-state index is -0.494. The van der Waals surface area contributed by atoms with Gasteiger partial charge in [-0.3, -0.25) is 0 Å². The Kier molecular flexibility index (Phi) is 11.1. The molecule has 0 amide bonds. The summed E-state index contributed by atoms with van der Waals surface area (Å²) in [5, 5.41) is 9.12. The van der Waals surface area contributed by atoms with Crippen LogP contribution >= 0.6 is 0 Å². The highest BCUT2D eigenvalue weighted by atomic mass is 16.3. The molecule has 0 fully saturated rings. The molecule has 0 radical (unpaired) electrons. The number of allylic oxidation sites excluding steroid dienone is 8. The monoisotopic (exact) mass is 1030 g/mol. The first kappa shape index (κ1) is 47.1. The maximum atomic E-state index is 6.89. The van der Waals surface area contributed by atoms with Crippen LogP contribution in [0.5, 0.6) is 0 Å². The number of furan rings is 2. The van der Waals surface area contributed by atoms with Gasteiger partial charge in [-0.1, -0.05) is 221 Å². The van der Waals surface area contributed by atoms with E-state index in [-0.39, 0.29) is 0 Å². The summed E-state index contributed by atoms with van der Waals surface area (Å²) < 4.78 is 13.7. The zero-order valence-electron chi connectivity index (χ0n) is 44.5. The molecule has 11 aromatic carbocycles. The van der Waals surface area contributed by atoms with E-state index in [4.69, 9.17) is 15.4 Å². The summed E-state index contributed by atoms with van der Waals surface area (Å²) in [6.45, 7) is 9.72. The van der Waals surface area contributed by atoms with Crippen LogP contribution < -0.4 is 9.80 Å². The second-order valence-corrected chi connectivity index (χ2v) is 21.6. The van der Waals surface area contributed by atoms with Crippen molar-refractivity contribution in [2.45, 2.75) is 25.7 Å². The highest BCUT2D eigenvalue weighted by molar-refractivity contribution is 6.19. The second kappa shape index (κ2) is 18.8. The Bertz CT molecular complexity index is 4790. The first-order valence-electron chi connectivity index (χ1n) is 27.6. The van der Waals surface area contributed by atoms with Crippen LogP contribution in [0.3, 0.4) is 0 Å². The predicted molar refractivity (Wildman–Crippen MR) is 337 cm³/mol. The van der Waals surface area contributed by atoms with Gasteiger partial charge in [-0.25, -0.2) is 0 Å². The van der Waals surface area contributed by atoms with E-state index >= 15 is 0 Å². The number of anilines is 5. The van der Waals surface area contributed by atoms with Crippen molar-refractivity contribution in [3.05, 3.63) is 302 Å². The largest absolute Gasteiger partial charge is 0.454 e. The minimum Gasteiger partial charge on any atom is -0.454 e. The van der Waals surface area contributed by atoms with Crippen LogP contribution in [0.2, 0.25) is 0 Å². The van der Waals surface area contributed by atoms with Crippen LogP contribution in [0.4, 0.5) is 28.4 Å². The van der Waals surface area contributed by atoms with Gasteiger partial charge < -0.3 is 18.6 Å². The molecule has 0 spiro atoms. The molecule has 0 aliphatic heterocycles. The maximum absolute atomic E-state index is 6.89. The van der Waals surface area contributed by atoms with Crippen LogP contribution in [0.15, 0.2) is 299 Å². The lowest BCUT2D eigenvalue weighted by atomic mass is 9.77. The Morgan fingerprint density at radius 3 is 1.54 bits per heavy atom. The summed E-state index contributed by atoms with van der Waals surface area (Å²) >= 11 is 0. The van der Waals surface area contributed by atoms with Crippen LogP contribution in [-0.4, -0.2) is 0 Å². The van der Waals surface area contributed by atoms with Crippen LogP contribution in [-0.2, 0) is 5.41 Å². The normalized spacial score (nSPS) is 15.6. The van der Waals surface area contributed by atoms with Crippen LogP contribution in [0.25, 0.3) is 93.2 Å². The molecule has 0 saturated carbocycles. The number of rotatable bonds is 8. The van der Waals surface area contributed by atoms with Gasteiger partial charge in [0, 0.05) is 56.1 Å². The van der Waals surface area contributed by atoms with E-state index < -0.39 is 5.41 Å². The standard InChI is InChI=1S/C76H54N2O2/c1-49-23-7-4-12-30-56(77(54-31-19-28-52(45-54)50-24-8-5-9-25-50)67-39-21-37-63-59-34-15-17-41-69(59)79-74(63)67)48-66-71(49)72-61-36-14-13-33-58(61)65-47-57(43-44-62(65)73(72)76(66,2)3)78(55-32-20-29-53(46-55)51-26-10-6-11-27-51)68-40-22-38-64-60-35-16-18-42-70(60)80-75(64)68/h4-29,31-48H,1,30H2,2-3H3/b12-4-,23-7-,56-48+. The summed E-state index contributed by atoms with van der Waals surface area (Å²) in [4.78, 5) is 4.82. The molecular weight excluding hydrogens is 973 g/mol. The maximum Gasteiger partial charge on any atom is 0.159 e. The molecule has 0 unspecified atom stereocenters. The molecule has 0 saturated heterocycles. The highest BCUT2D eigenvalue weighted by Gasteiger charge is 2.41. The van der Waals surface area contributed by atoms with Crippen molar-refractivity contribution in [2.24, 2.45) is 0 Å². The number of hydrogen-bond acceptors (Lipinski definition) is 4. The van der Waals surface area contributed by atoms with E-state index in [0.29, 0.717) is 6.42 Å². The van der Waals surface area contributed by atoms with E-state index in [0.717, 1.165) is 111 Å². The molecule has 2 aliphatic carbocycles. The zero-order chi connectivity index (χ0) is 53.5. The van der Waals surface area contributed by atoms with Gasteiger partial charge in [0.25, 0.3) is 0 Å². The van der Waals surface area contributed by atoms with Gasteiger partial charge in [-0.05, 0) is 138 Å². The molecule has 4 heteroatoms. The summed E-state index contributed by atoms with van der Waals surface area (Å²) in [7, 11) is 0. The lowest BCUT2D eigenvalue weighted by Gasteiger charge is -2.31. The summed E-state index contributed by atoms with van der Waals surface area (Å²) in [5.74, 6) is 0. The van der Waals surface area contributed by atoms with Crippen molar-refractivity contribution in [1.29, 1.82) is 0 Å². The van der Waals surface area contributed by atoms with Gasteiger partial charge in [0.1, 0.15) is 11.2 Å². The Labute approximate surface area is 465 Å². The van der Waals surface area contributed by atoms with Crippen LogP contribution in [0.1, 0.15) is 31.4 Å². The van der Waals surface area contributed by atoms with Gasteiger partial charge in [-0.2, -0.15) is 0 Å². The smallest absolute Gasteiger partial charge is 0.159 e. The number of para-hydroxylation sites is 4. The van der Waals surface area contributed by atoms with Crippen molar-refractivity contribution in [3.8, 4) is 22.3 Å². The quantitative estimate of drug-likeness (QED) is 0.142. The van der Waals surface area contributed by atoms with Gasteiger partial charge in [0.15, 0.2) is 11.2 Å². The third-order valence-corrected chi connectivity index (χ3v) is 16.5. The molecule has 0 N–H and O–H groups in total. The number of fused-ring (bicyclic) bond motifs is 13. The average molecular weight is 1030 g/mol. The Balaban J connectivity index is 0.958. The molecule has 0 bridgehead atoms. The molecule has 2 aromatic heterocycles. The number of benzene rings is 11. The van der Waals surface area contributed by atoms with E-state index in [1.54, 1.807) is 0 Å². The van der Waals surface area contributed by atoms with Crippen molar-refractivity contribution < 1.29 is 8.83 Å². The van der Waals surface area contributed by atoms with Gasteiger partial charge in [0.2, 0.25) is 0 Å². The number of nitrogens with zero attached hydrogens (tertiary/aromatic N) is 2. The van der Waals surface area contributed by atoms with E-state index in [9.17, 15) is 0 Å². The van der Waals surface area contributed by atoms with Crippen molar-refractivity contribution >= 4 is 99.4 Å². The van der Waals surface area contributed by atoms with Gasteiger partial charge >= 0.3 is 0 Å². The lowest BCUT2D eigenvalue weighted by Crippen LogP contribution is -2.21. The summed E-state index contributed by atoms with van der Waals surface area (Å²) in [5.41, 5.74) is 19.5. The van der Waals surface area contributed by atoms with Crippen LogP contribution in [0, 0.1) is 0 Å². The third-order valence-electron chi connectivity index (χ3n) is 16.5. The van der Waals surface area contributed by atoms with E-state index in [1.165, 1.54) is 38.2 Å². The molecule has 80 heavy (non-hydrogen) atoms. The molecule has 2 heterocycles.